The lowest BCUT2D eigenvalue weighted by molar-refractivity contribution is 0.271. The van der Waals surface area contributed by atoms with Gasteiger partial charge in [0, 0.05) is 11.8 Å². The molecule has 0 saturated heterocycles. The van der Waals surface area contributed by atoms with Gasteiger partial charge in [-0.2, -0.15) is 4.98 Å². The van der Waals surface area contributed by atoms with Gasteiger partial charge in [0.2, 0.25) is 5.95 Å². The smallest absolute Gasteiger partial charge is 0.221 e. The van der Waals surface area contributed by atoms with Crippen LogP contribution in [0.4, 0.5) is 11.8 Å². The van der Waals surface area contributed by atoms with Crippen LogP contribution in [0.25, 0.3) is 0 Å². The summed E-state index contributed by atoms with van der Waals surface area (Å²) in [7, 11) is 0. The minimum absolute atomic E-state index is 0.245. The number of rotatable bonds is 8. The third kappa shape index (κ3) is 4.87. The Morgan fingerprint density at radius 1 is 1.11 bits per heavy atom. The molecule has 0 aliphatic heterocycles. The number of hydrogen-bond acceptors (Lipinski definition) is 5. The first-order chi connectivity index (χ1) is 8.67. The van der Waals surface area contributed by atoms with E-state index in [1.165, 1.54) is 25.9 Å². The Hall–Kier alpha value is -1.36. The minimum Gasteiger partial charge on any atom is -0.383 e. The predicted molar refractivity (Wildman–Crippen MR) is 76.2 cm³/mol. The summed E-state index contributed by atoms with van der Waals surface area (Å²) in [5.41, 5.74) is 12.3. The van der Waals surface area contributed by atoms with Crippen molar-refractivity contribution in [2.75, 3.05) is 31.1 Å². The monoisotopic (exact) mass is 251 g/mol. The largest absolute Gasteiger partial charge is 0.383 e. The molecule has 0 atom stereocenters. The molecule has 0 bridgehead atoms. The molecule has 0 saturated carbocycles. The number of hydrogen-bond donors (Lipinski definition) is 2. The van der Waals surface area contributed by atoms with Gasteiger partial charge >= 0.3 is 0 Å². The van der Waals surface area contributed by atoms with Crippen LogP contribution in [-0.4, -0.2) is 34.5 Å². The van der Waals surface area contributed by atoms with Gasteiger partial charge in [0.05, 0.1) is 0 Å². The molecule has 1 rings (SSSR count). The molecule has 1 heterocycles. The van der Waals surface area contributed by atoms with E-state index in [1.807, 2.05) is 0 Å². The zero-order valence-electron chi connectivity index (χ0n) is 11.5. The highest BCUT2D eigenvalue weighted by atomic mass is 15.1. The standard InChI is InChI=1S/C13H25N5/c1-3-7-18(8-4-2)9-5-6-11-10-16-13(15)17-12(11)14/h10H,3-9H2,1-2H3,(H4,14,15,16,17). The van der Waals surface area contributed by atoms with Crippen molar-refractivity contribution in [3.05, 3.63) is 11.8 Å². The van der Waals surface area contributed by atoms with E-state index in [-0.39, 0.29) is 5.95 Å². The number of nitrogens with two attached hydrogens (primary N) is 2. The van der Waals surface area contributed by atoms with Crippen molar-refractivity contribution >= 4 is 11.8 Å². The molecule has 5 heteroatoms. The molecule has 0 aromatic carbocycles. The van der Waals surface area contributed by atoms with Gasteiger partial charge in [-0.1, -0.05) is 13.8 Å². The van der Waals surface area contributed by atoms with Gasteiger partial charge in [-0.15, -0.1) is 0 Å². The van der Waals surface area contributed by atoms with Crippen molar-refractivity contribution in [2.24, 2.45) is 0 Å². The van der Waals surface area contributed by atoms with Crippen LogP contribution in [0.3, 0.4) is 0 Å². The summed E-state index contributed by atoms with van der Waals surface area (Å²) in [4.78, 5) is 10.5. The second-order valence-electron chi connectivity index (χ2n) is 4.58. The fourth-order valence-corrected chi connectivity index (χ4v) is 2.09. The SMILES string of the molecule is CCCN(CCC)CCCc1cnc(N)nc1N. The Balaban J connectivity index is 2.39. The molecule has 0 radical (unpaired) electrons. The molecule has 4 N–H and O–H groups in total. The molecule has 0 fully saturated rings. The van der Waals surface area contributed by atoms with Gasteiger partial charge in [0.25, 0.3) is 0 Å². The van der Waals surface area contributed by atoms with E-state index in [1.54, 1.807) is 6.20 Å². The Bertz CT molecular complexity index is 347. The lowest BCUT2D eigenvalue weighted by Crippen LogP contribution is -2.27. The van der Waals surface area contributed by atoms with Crippen molar-refractivity contribution in [1.29, 1.82) is 0 Å². The first-order valence-electron chi connectivity index (χ1n) is 6.76. The van der Waals surface area contributed by atoms with Crippen molar-refractivity contribution in [2.45, 2.75) is 39.5 Å². The Labute approximate surface area is 110 Å². The molecule has 0 aliphatic carbocycles. The maximum absolute atomic E-state index is 5.81. The van der Waals surface area contributed by atoms with Gasteiger partial charge in [-0.25, -0.2) is 4.98 Å². The van der Waals surface area contributed by atoms with Crippen LogP contribution >= 0.6 is 0 Å². The summed E-state index contributed by atoms with van der Waals surface area (Å²) in [6, 6.07) is 0. The van der Waals surface area contributed by atoms with Crippen LogP contribution in [0, 0.1) is 0 Å². The second kappa shape index (κ2) is 7.87. The molecule has 102 valence electrons. The van der Waals surface area contributed by atoms with E-state index in [4.69, 9.17) is 11.5 Å². The Morgan fingerprint density at radius 2 is 1.78 bits per heavy atom. The number of aryl methyl sites for hydroxylation is 1. The van der Waals surface area contributed by atoms with Crippen LogP contribution < -0.4 is 11.5 Å². The fraction of sp³-hybridized carbons (Fsp3) is 0.692. The summed E-state index contributed by atoms with van der Waals surface area (Å²) in [6.45, 7) is 7.87. The van der Waals surface area contributed by atoms with Crippen LogP contribution in [0.5, 0.6) is 0 Å². The predicted octanol–water partition coefficient (Wildman–Crippen LogP) is 1.70. The molecule has 0 unspecified atom stereocenters. The molecule has 0 spiro atoms. The van der Waals surface area contributed by atoms with Crippen LogP contribution in [0.15, 0.2) is 6.20 Å². The molecule has 5 nitrogen and oxygen atoms in total. The van der Waals surface area contributed by atoms with Crippen molar-refractivity contribution in [3.63, 3.8) is 0 Å². The summed E-state index contributed by atoms with van der Waals surface area (Å²) in [5.74, 6) is 0.759. The molecular formula is C13H25N5. The molecule has 18 heavy (non-hydrogen) atoms. The summed E-state index contributed by atoms with van der Waals surface area (Å²) in [5, 5.41) is 0. The number of nitrogen functional groups attached to an aromatic ring is 2. The first-order valence-corrected chi connectivity index (χ1v) is 6.76. The van der Waals surface area contributed by atoms with E-state index >= 15 is 0 Å². The van der Waals surface area contributed by atoms with Crippen molar-refractivity contribution in [1.82, 2.24) is 14.9 Å². The zero-order chi connectivity index (χ0) is 13.4. The number of aromatic nitrogens is 2. The minimum atomic E-state index is 0.245. The number of nitrogens with zero attached hydrogens (tertiary/aromatic N) is 3. The maximum Gasteiger partial charge on any atom is 0.221 e. The summed E-state index contributed by atoms with van der Waals surface area (Å²) < 4.78 is 0. The zero-order valence-corrected chi connectivity index (χ0v) is 11.5. The van der Waals surface area contributed by atoms with Gasteiger partial charge in [0.1, 0.15) is 5.82 Å². The van der Waals surface area contributed by atoms with Crippen LogP contribution in [0.1, 0.15) is 38.7 Å². The average molecular weight is 251 g/mol. The number of anilines is 2. The van der Waals surface area contributed by atoms with Gasteiger partial charge < -0.3 is 16.4 Å². The van der Waals surface area contributed by atoms with E-state index in [0.717, 1.165) is 24.9 Å². The highest BCUT2D eigenvalue weighted by molar-refractivity contribution is 5.41. The first kappa shape index (κ1) is 14.7. The highest BCUT2D eigenvalue weighted by Gasteiger charge is 2.05. The molecular weight excluding hydrogens is 226 g/mol. The maximum atomic E-state index is 5.81. The third-order valence-corrected chi connectivity index (χ3v) is 2.92. The van der Waals surface area contributed by atoms with Crippen molar-refractivity contribution < 1.29 is 0 Å². The van der Waals surface area contributed by atoms with Gasteiger partial charge in [-0.05, 0) is 45.3 Å². The van der Waals surface area contributed by atoms with Crippen LogP contribution in [0.2, 0.25) is 0 Å². The van der Waals surface area contributed by atoms with E-state index in [2.05, 4.69) is 28.7 Å². The summed E-state index contributed by atoms with van der Waals surface area (Å²) in [6.07, 6.45) is 6.13. The third-order valence-electron chi connectivity index (χ3n) is 2.92. The van der Waals surface area contributed by atoms with E-state index in [0.29, 0.717) is 5.82 Å². The Morgan fingerprint density at radius 3 is 2.33 bits per heavy atom. The average Bonchev–Trinajstić information content (AvgIpc) is 2.32. The van der Waals surface area contributed by atoms with Crippen LogP contribution in [-0.2, 0) is 6.42 Å². The normalized spacial score (nSPS) is 11.1. The Kier molecular flexibility index (Phi) is 6.43. The lowest BCUT2D eigenvalue weighted by atomic mass is 10.1. The quantitative estimate of drug-likeness (QED) is 0.735. The molecule has 0 aliphatic rings. The van der Waals surface area contributed by atoms with Crippen molar-refractivity contribution in [3.8, 4) is 0 Å². The lowest BCUT2D eigenvalue weighted by Gasteiger charge is -2.20. The van der Waals surface area contributed by atoms with E-state index in [9.17, 15) is 0 Å². The van der Waals surface area contributed by atoms with Gasteiger partial charge in [-0.3, -0.25) is 0 Å². The topological polar surface area (TPSA) is 81.1 Å². The highest BCUT2D eigenvalue weighted by Crippen LogP contribution is 2.11. The molecule has 1 aromatic heterocycles. The molecule has 1 aromatic rings. The van der Waals surface area contributed by atoms with Gasteiger partial charge in [0.15, 0.2) is 0 Å². The van der Waals surface area contributed by atoms with E-state index < -0.39 is 0 Å². The fourth-order valence-electron chi connectivity index (χ4n) is 2.09. The summed E-state index contributed by atoms with van der Waals surface area (Å²) >= 11 is 0. The molecule has 0 amide bonds. The second-order valence-corrected chi connectivity index (χ2v) is 4.58.